The predicted molar refractivity (Wildman–Crippen MR) is 57.1 cm³/mol. The third-order valence-corrected chi connectivity index (χ3v) is 2.35. The minimum atomic E-state index is 0.971. The van der Waals surface area contributed by atoms with E-state index in [9.17, 15) is 0 Å². The fraction of sp³-hybridized carbons (Fsp3) is 0.455. The molecule has 3 heteroatoms. The number of rotatable bonds is 4. The molecule has 2 aromatic heterocycles. The minimum Gasteiger partial charge on any atom is -0.342 e. The molecule has 14 heavy (non-hydrogen) atoms. The Morgan fingerprint density at radius 2 is 2.29 bits per heavy atom. The molecule has 0 aliphatic rings. The molecule has 0 spiro atoms. The van der Waals surface area contributed by atoms with Crippen molar-refractivity contribution in [3.05, 3.63) is 24.3 Å². The van der Waals surface area contributed by atoms with Crippen LogP contribution in [0.1, 0.15) is 32.0 Å². The first-order valence-corrected chi connectivity index (χ1v) is 5.18. The Morgan fingerprint density at radius 1 is 1.36 bits per heavy atom. The number of aromatic nitrogens is 3. The molecular formula is C11H15N3. The highest BCUT2D eigenvalue weighted by atomic mass is 14.9. The van der Waals surface area contributed by atoms with E-state index in [0.717, 1.165) is 23.3 Å². The zero-order valence-corrected chi connectivity index (χ0v) is 8.45. The first-order valence-electron chi connectivity index (χ1n) is 5.18. The molecule has 0 radical (unpaired) electrons. The second-order valence-corrected chi connectivity index (χ2v) is 3.53. The van der Waals surface area contributed by atoms with Crippen LogP contribution in [0.15, 0.2) is 18.5 Å². The van der Waals surface area contributed by atoms with Crippen LogP contribution in [-0.4, -0.2) is 15.0 Å². The van der Waals surface area contributed by atoms with Gasteiger partial charge < -0.3 is 4.98 Å². The molecule has 0 bridgehead atoms. The maximum Gasteiger partial charge on any atom is 0.107 e. The summed E-state index contributed by atoms with van der Waals surface area (Å²) in [7, 11) is 0. The summed E-state index contributed by atoms with van der Waals surface area (Å²) in [5.74, 6) is 1.08. The number of imidazole rings is 1. The summed E-state index contributed by atoms with van der Waals surface area (Å²) in [6, 6.07) is 1.96. The molecule has 0 aromatic carbocycles. The SMILES string of the molecule is CCCCCc1nc2cnccc2[nH]1. The lowest BCUT2D eigenvalue weighted by atomic mass is 10.2. The first-order chi connectivity index (χ1) is 6.90. The van der Waals surface area contributed by atoms with Crippen molar-refractivity contribution in [1.82, 2.24) is 15.0 Å². The molecule has 2 aromatic rings. The summed E-state index contributed by atoms with van der Waals surface area (Å²) in [5, 5.41) is 0. The lowest BCUT2D eigenvalue weighted by Gasteiger charge is -1.93. The fourth-order valence-electron chi connectivity index (χ4n) is 1.57. The molecule has 3 nitrogen and oxygen atoms in total. The Kier molecular flexibility index (Phi) is 2.77. The summed E-state index contributed by atoms with van der Waals surface area (Å²) in [5.41, 5.74) is 2.06. The number of hydrogen-bond donors (Lipinski definition) is 1. The second-order valence-electron chi connectivity index (χ2n) is 3.53. The van der Waals surface area contributed by atoms with Gasteiger partial charge in [-0.15, -0.1) is 0 Å². The van der Waals surface area contributed by atoms with E-state index in [2.05, 4.69) is 21.9 Å². The van der Waals surface area contributed by atoms with Crippen molar-refractivity contribution in [2.24, 2.45) is 0 Å². The van der Waals surface area contributed by atoms with Crippen molar-refractivity contribution in [3.8, 4) is 0 Å². The van der Waals surface area contributed by atoms with Gasteiger partial charge in [-0.3, -0.25) is 4.98 Å². The highest BCUT2D eigenvalue weighted by Crippen LogP contribution is 2.10. The molecule has 2 rings (SSSR count). The van der Waals surface area contributed by atoms with Crippen LogP contribution in [-0.2, 0) is 6.42 Å². The maximum atomic E-state index is 4.47. The van der Waals surface area contributed by atoms with E-state index in [1.54, 1.807) is 12.4 Å². The number of aromatic amines is 1. The Hall–Kier alpha value is -1.38. The van der Waals surface area contributed by atoms with Gasteiger partial charge in [-0.2, -0.15) is 0 Å². The number of nitrogens with zero attached hydrogens (tertiary/aromatic N) is 2. The van der Waals surface area contributed by atoms with Crippen molar-refractivity contribution in [1.29, 1.82) is 0 Å². The van der Waals surface area contributed by atoms with E-state index in [1.807, 2.05) is 6.07 Å². The highest BCUT2D eigenvalue weighted by molar-refractivity contribution is 5.73. The zero-order valence-electron chi connectivity index (χ0n) is 8.45. The van der Waals surface area contributed by atoms with Gasteiger partial charge in [0.15, 0.2) is 0 Å². The van der Waals surface area contributed by atoms with Gasteiger partial charge in [0.05, 0.1) is 11.7 Å². The summed E-state index contributed by atoms with van der Waals surface area (Å²) >= 11 is 0. The Balaban J connectivity index is 2.11. The van der Waals surface area contributed by atoms with Gasteiger partial charge in [-0.05, 0) is 12.5 Å². The molecule has 74 valence electrons. The van der Waals surface area contributed by atoms with E-state index >= 15 is 0 Å². The zero-order chi connectivity index (χ0) is 9.80. The number of hydrogen-bond acceptors (Lipinski definition) is 2. The van der Waals surface area contributed by atoms with E-state index < -0.39 is 0 Å². The number of fused-ring (bicyclic) bond motifs is 1. The van der Waals surface area contributed by atoms with E-state index in [1.165, 1.54) is 19.3 Å². The lowest BCUT2D eigenvalue weighted by molar-refractivity contribution is 0.700. The van der Waals surface area contributed by atoms with Gasteiger partial charge in [0, 0.05) is 12.6 Å². The molecule has 0 aliphatic heterocycles. The average molecular weight is 189 g/mol. The quantitative estimate of drug-likeness (QED) is 0.751. The van der Waals surface area contributed by atoms with Crippen LogP contribution >= 0.6 is 0 Å². The van der Waals surface area contributed by atoms with Crippen LogP contribution in [0.25, 0.3) is 11.0 Å². The minimum absolute atomic E-state index is 0.971. The number of unbranched alkanes of at least 4 members (excludes halogenated alkanes) is 2. The third-order valence-electron chi connectivity index (χ3n) is 2.35. The second kappa shape index (κ2) is 4.22. The maximum absolute atomic E-state index is 4.47. The molecule has 0 atom stereocenters. The van der Waals surface area contributed by atoms with E-state index in [0.29, 0.717) is 0 Å². The van der Waals surface area contributed by atoms with Crippen molar-refractivity contribution >= 4 is 11.0 Å². The third kappa shape index (κ3) is 1.92. The standard InChI is InChI=1S/C11H15N3/c1-2-3-4-5-11-13-9-6-7-12-8-10(9)14-11/h6-8H,2-5H2,1H3,(H,13,14). The molecule has 0 saturated carbocycles. The van der Waals surface area contributed by atoms with Crippen molar-refractivity contribution in [2.75, 3.05) is 0 Å². The van der Waals surface area contributed by atoms with E-state index in [-0.39, 0.29) is 0 Å². The average Bonchev–Trinajstić information content (AvgIpc) is 2.60. The monoisotopic (exact) mass is 189 g/mol. The molecule has 0 unspecified atom stereocenters. The largest absolute Gasteiger partial charge is 0.342 e. The number of pyridine rings is 1. The number of nitrogens with one attached hydrogen (secondary N) is 1. The summed E-state index contributed by atoms with van der Waals surface area (Å²) < 4.78 is 0. The molecule has 0 saturated heterocycles. The van der Waals surface area contributed by atoms with Crippen molar-refractivity contribution in [2.45, 2.75) is 32.6 Å². The van der Waals surface area contributed by atoms with Crippen LogP contribution in [0.2, 0.25) is 0 Å². The Labute approximate surface area is 83.6 Å². The summed E-state index contributed by atoms with van der Waals surface area (Å²) in [6.07, 6.45) is 8.37. The van der Waals surface area contributed by atoms with Crippen molar-refractivity contribution in [3.63, 3.8) is 0 Å². The van der Waals surface area contributed by atoms with Crippen LogP contribution in [0.3, 0.4) is 0 Å². The summed E-state index contributed by atoms with van der Waals surface area (Å²) in [6.45, 7) is 2.21. The van der Waals surface area contributed by atoms with Crippen LogP contribution in [0, 0.1) is 0 Å². The smallest absolute Gasteiger partial charge is 0.107 e. The highest BCUT2D eigenvalue weighted by Gasteiger charge is 2.00. The van der Waals surface area contributed by atoms with Crippen LogP contribution < -0.4 is 0 Å². The topological polar surface area (TPSA) is 41.6 Å². The molecular weight excluding hydrogens is 174 g/mol. The molecule has 0 fully saturated rings. The first kappa shape index (κ1) is 9.19. The molecule has 1 N–H and O–H groups in total. The fourth-order valence-corrected chi connectivity index (χ4v) is 1.57. The van der Waals surface area contributed by atoms with Crippen molar-refractivity contribution < 1.29 is 0 Å². The predicted octanol–water partition coefficient (Wildman–Crippen LogP) is 2.69. The molecule has 0 amide bonds. The normalized spacial score (nSPS) is 10.9. The van der Waals surface area contributed by atoms with Gasteiger partial charge in [0.25, 0.3) is 0 Å². The van der Waals surface area contributed by atoms with Gasteiger partial charge in [-0.25, -0.2) is 4.98 Å². The Bertz CT molecular complexity index is 373. The molecule has 2 heterocycles. The van der Waals surface area contributed by atoms with Gasteiger partial charge in [-0.1, -0.05) is 19.8 Å². The lowest BCUT2D eigenvalue weighted by Crippen LogP contribution is -1.87. The number of aryl methyl sites for hydroxylation is 1. The summed E-state index contributed by atoms with van der Waals surface area (Å²) in [4.78, 5) is 11.8. The Morgan fingerprint density at radius 3 is 3.07 bits per heavy atom. The van der Waals surface area contributed by atoms with Gasteiger partial charge in [0.1, 0.15) is 11.3 Å². The van der Waals surface area contributed by atoms with E-state index in [4.69, 9.17) is 0 Å². The van der Waals surface area contributed by atoms with Crippen LogP contribution in [0.5, 0.6) is 0 Å². The molecule has 0 aliphatic carbocycles. The van der Waals surface area contributed by atoms with Gasteiger partial charge in [0.2, 0.25) is 0 Å². The van der Waals surface area contributed by atoms with Crippen LogP contribution in [0.4, 0.5) is 0 Å². The number of H-pyrrole nitrogens is 1. The van der Waals surface area contributed by atoms with Gasteiger partial charge >= 0.3 is 0 Å².